The molecule has 1 aromatic carbocycles. The van der Waals surface area contributed by atoms with Crippen LogP contribution in [0.5, 0.6) is 0 Å². The normalized spacial score (nSPS) is 10.6. The van der Waals surface area contributed by atoms with Crippen molar-refractivity contribution in [2.24, 2.45) is 0 Å². The first-order valence-electron chi connectivity index (χ1n) is 5.02. The molecule has 3 nitrogen and oxygen atoms in total. The fourth-order valence-corrected chi connectivity index (χ4v) is 1.81. The van der Waals surface area contributed by atoms with Crippen LogP contribution in [0.2, 0.25) is 0 Å². The summed E-state index contributed by atoms with van der Waals surface area (Å²) in [6.07, 6.45) is 0. The minimum absolute atomic E-state index is 0.244. The van der Waals surface area contributed by atoms with Crippen LogP contribution in [-0.2, 0) is 0 Å². The summed E-state index contributed by atoms with van der Waals surface area (Å²) >= 11 is 3.26. The molecule has 0 aliphatic heterocycles. The van der Waals surface area contributed by atoms with Crippen molar-refractivity contribution in [2.45, 2.75) is 13.8 Å². The lowest BCUT2D eigenvalue weighted by molar-refractivity contribution is 0.629. The van der Waals surface area contributed by atoms with E-state index in [1.807, 2.05) is 0 Å². The molecule has 0 radical (unpaired) electrons. The van der Waals surface area contributed by atoms with E-state index in [1.165, 1.54) is 6.07 Å². The summed E-state index contributed by atoms with van der Waals surface area (Å²) in [4.78, 5) is 18.4. The molecule has 17 heavy (non-hydrogen) atoms. The van der Waals surface area contributed by atoms with Crippen molar-refractivity contribution in [1.82, 2.24) is 9.97 Å². The van der Waals surface area contributed by atoms with E-state index in [-0.39, 0.29) is 16.9 Å². The number of aryl methyl sites for hydroxylation is 1. The quantitative estimate of drug-likeness (QED) is 0.879. The van der Waals surface area contributed by atoms with E-state index in [0.717, 1.165) is 4.47 Å². The fraction of sp³-hybridized carbons (Fsp3) is 0.167. The summed E-state index contributed by atoms with van der Waals surface area (Å²) in [6.45, 7) is 3.41. The second-order valence-corrected chi connectivity index (χ2v) is 4.66. The van der Waals surface area contributed by atoms with Crippen LogP contribution in [0.4, 0.5) is 4.39 Å². The van der Waals surface area contributed by atoms with Gasteiger partial charge in [0, 0.05) is 15.7 Å². The number of aromatic amines is 1. The summed E-state index contributed by atoms with van der Waals surface area (Å²) in [7, 11) is 0. The Balaban J connectivity index is 2.69. The van der Waals surface area contributed by atoms with Crippen LogP contribution in [0.1, 0.15) is 11.3 Å². The van der Waals surface area contributed by atoms with Crippen LogP contribution in [-0.4, -0.2) is 9.97 Å². The monoisotopic (exact) mass is 296 g/mol. The van der Waals surface area contributed by atoms with Crippen molar-refractivity contribution in [1.29, 1.82) is 0 Å². The lowest BCUT2D eigenvalue weighted by atomic mass is 10.2. The third-order valence-electron chi connectivity index (χ3n) is 2.58. The molecular weight excluding hydrogens is 287 g/mol. The van der Waals surface area contributed by atoms with Gasteiger partial charge in [0.1, 0.15) is 11.6 Å². The van der Waals surface area contributed by atoms with Crippen LogP contribution in [0, 0.1) is 19.7 Å². The molecule has 1 aromatic heterocycles. The lowest BCUT2D eigenvalue weighted by Crippen LogP contribution is -2.14. The van der Waals surface area contributed by atoms with Crippen molar-refractivity contribution in [2.75, 3.05) is 0 Å². The van der Waals surface area contributed by atoms with Gasteiger partial charge in [-0.15, -0.1) is 0 Å². The van der Waals surface area contributed by atoms with Crippen molar-refractivity contribution >= 4 is 15.9 Å². The standard InChI is InChI=1S/C12H10BrFN2O/c1-6-7(2)15-11(16-12(6)17)9-5-8(13)3-4-10(9)14/h3-5H,1-2H3,(H,15,16,17). The number of halogens is 2. The molecule has 0 bridgehead atoms. The van der Waals surface area contributed by atoms with Crippen molar-refractivity contribution in [3.63, 3.8) is 0 Å². The molecule has 0 aliphatic rings. The number of nitrogens with zero attached hydrogens (tertiary/aromatic N) is 1. The van der Waals surface area contributed by atoms with Crippen LogP contribution in [0.15, 0.2) is 27.5 Å². The Bertz CT molecular complexity index is 637. The Morgan fingerprint density at radius 3 is 2.71 bits per heavy atom. The number of H-pyrrole nitrogens is 1. The molecule has 0 amide bonds. The van der Waals surface area contributed by atoms with Crippen molar-refractivity contribution in [3.8, 4) is 11.4 Å². The van der Waals surface area contributed by atoms with Gasteiger partial charge in [0.2, 0.25) is 0 Å². The predicted molar refractivity (Wildman–Crippen MR) is 67.4 cm³/mol. The molecule has 2 aromatic rings. The van der Waals surface area contributed by atoms with Gasteiger partial charge in [-0.3, -0.25) is 4.79 Å². The maximum atomic E-state index is 13.6. The average Bonchev–Trinajstić information content (AvgIpc) is 2.28. The first-order chi connectivity index (χ1) is 7.99. The third-order valence-corrected chi connectivity index (χ3v) is 3.07. The summed E-state index contributed by atoms with van der Waals surface area (Å²) < 4.78 is 14.4. The van der Waals surface area contributed by atoms with Crippen LogP contribution >= 0.6 is 15.9 Å². The highest BCUT2D eigenvalue weighted by molar-refractivity contribution is 9.10. The van der Waals surface area contributed by atoms with Gasteiger partial charge >= 0.3 is 0 Å². The summed E-state index contributed by atoms with van der Waals surface area (Å²) in [5.74, 6) is -0.170. The summed E-state index contributed by atoms with van der Waals surface area (Å²) in [5.41, 5.74) is 1.18. The Hall–Kier alpha value is -1.49. The van der Waals surface area contributed by atoms with E-state index in [1.54, 1.807) is 26.0 Å². The number of aromatic nitrogens is 2. The Kier molecular flexibility index (Phi) is 3.11. The van der Waals surface area contributed by atoms with Gasteiger partial charge in [-0.05, 0) is 32.0 Å². The second kappa shape index (κ2) is 4.41. The van der Waals surface area contributed by atoms with E-state index >= 15 is 0 Å². The van der Waals surface area contributed by atoms with Gasteiger partial charge in [-0.25, -0.2) is 9.37 Å². The van der Waals surface area contributed by atoms with Crippen LogP contribution in [0.25, 0.3) is 11.4 Å². The van der Waals surface area contributed by atoms with Gasteiger partial charge < -0.3 is 4.98 Å². The van der Waals surface area contributed by atoms with E-state index in [0.29, 0.717) is 11.3 Å². The minimum Gasteiger partial charge on any atom is -0.306 e. The van der Waals surface area contributed by atoms with Gasteiger partial charge in [0.15, 0.2) is 0 Å². The zero-order chi connectivity index (χ0) is 12.6. The predicted octanol–water partition coefficient (Wildman–Crippen LogP) is 2.96. The fourth-order valence-electron chi connectivity index (χ4n) is 1.45. The van der Waals surface area contributed by atoms with Gasteiger partial charge in [0.25, 0.3) is 5.56 Å². The topological polar surface area (TPSA) is 45.8 Å². The zero-order valence-corrected chi connectivity index (χ0v) is 10.9. The SMILES string of the molecule is Cc1nc(-c2cc(Br)ccc2F)[nH]c(=O)c1C. The lowest BCUT2D eigenvalue weighted by Gasteiger charge is -2.05. The molecule has 0 unspecified atom stereocenters. The molecule has 0 atom stereocenters. The Labute approximate surface area is 106 Å². The molecule has 0 spiro atoms. The van der Waals surface area contributed by atoms with E-state index in [4.69, 9.17) is 0 Å². The van der Waals surface area contributed by atoms with Gasteiger partial charge in [-0.1, -0.05) is 15.9 Å². The highest BCUT2D eigenvalue weighted by atomic mass is 79.9. The molecule has 5 heteroatoms. The number of nitrogens with one attached hydrogen (secondary N) is 1. The first kappa shape index (κ1) is 12.0. The third kappa shape index (κ3) is 2.29. The van der Waals surface area contributed by atoms with Gasteiger partial charge in [0.05, 0.1) is 5.56 Å². The number of hydrogen-bond acceptors (Lipinski definition) is 2. The molecule has 88 valence electrons. The maximum absolute atomic E-state index is 13.6. The minimum atomic E-state index is -0.417. The molecule has 1 heterocycles. The smallest absolute Gasteiger partial charge is 0.254 e. The van der Waals surface area contributed by atoms with Gasteiger partial charge in [-0.2, -0.15) is 0 Å². The number of benzene rings is 1. The molecule has 1 N–H and O–H groups in total. The van der Waals surface area contributed by atoms with E-state index in [2.05, 4.69) is 25.9 Å². The molecule has 0 aliphatic carbocycles. The average molecular weight is 297 g/mol. The molecule has 2 rings (SSSR count). The first-order valence-corrected chi connectivity index (χ1v) is 5.81. The molecular formula is C12H10BrFN2O. The van der Waals surface area contributed by atoms with Crippen molar-refractivity contribution in [3.05, 3.63) is 50.1 Å². The molecule has 0 saturated heterocycles. The maximum Gasteiger partial charge on any atom is 0.254 e. The highest BCUT2D eigenvalue weighted by Crippen LogP contribution is 2.23. The molecule has 0 fully saturated rings. The number of rotatable bonds is 1. The second-order valence-electron chi connectivity index (χ2n) is 3.75. The van der Waals surface area contributed by atoms with E-state index in [9.17, 15) is 9.18 Å². The highest BCUT2D eigenvalue weighted by Gasteiger charge is 2.10. The van der Waals surface area contributed by atoms with Crippen molar-refractivity contribution < 1.29 is 4.39 Å². The zero-order valence-electron chi connectivity index (χ0n) is 9.34. The molecule has 0 saturated carbocycles. The van der Waals surface area contributed by atoms with Crippen LogP contribution in [0.3, 0.4) is 0 Å². The summed E-state index contributed by atoms with van der Waals surface area (Å²) in [5, 5.41) is 0. The largest absolute Gasteiger partial charge is 0.306 e. The Morgan fingerprint density at radius 1 is 1.35 bits per heavy atom. The Morgan fingerprint density at radius 2 is 2.06 bits per heavy atom. The van der Waals surface area contributed by atoms with Crippen LogP contribution < -0.4 is 5.56 Å². The summed E-state index contributed by atoms with van der Waals surface area (Å²) in [6, 6.07) is 4.51. The van der Waals surface area contributed by atoms with E-state index < -0.39 is 5.82 Å². The number of hydrogen-bond donors (Lipinski definition) is 1.